The predicted octanol–water partition coefficient (Wildman–Crippen LogP) is 3.69. The molecule has 0 saturated heterocycles. The fourth-order valence-corrected chi connectivity index (χ4v) is 3.55. The number of hydrogen-bond donors (Lipinski definition) is 2. The smallest absolute Gasteiger partial charge is 0.0344 e. The number of hydrazine groups is 1. The number of hydrogen-bond acceptors (Lipinski definition) is 2. The molecule has 0 spiro atoms. The zero-order valence-corrected chi connectivity index (χ0v) is 12.0. The molecule has 0 bridgehead atoms. The van der Waals surface area contributed by atoms with Gasteiger partial charge < -0.3 is 0 Å². The number of nitrogens with one attached hydrogen (secondary N) is 1. The van der Waals surface area contributed by atoms with Gasteiger partial charge in [0.05, 0.1) is 0 Å². The summed E-state index contributed by atoms with van der Waals surface area (Å²) >= 11 is 0. The summed E-state index contributed by atoms with van der Waals surface area (Å²) in [5, 5.41) is 0. The van der Waals surface area contributed by atoms with Crippen LogP contribution in [-0.4, -0.2) is 6.04 Å². The van der Waals surface area contributed by atoms with Crippen LogP contribution in [0.15, 0.2) is 42.5 Å². The molecule has 3 N–H and O–H groups in total. The molecule has 2 rings (SSSR count). The first kappa shape index (κ1) is 14.3. The standard InChI is InChI=1S/C17H26N2/c1-14(2)13-16(19-18)17(11-7-4-8-12-17)15-9-5-3-6-10-15/h3,5-6,9-10,16,19H,1,4,7-8,11-13,18H2,2H3. The molecule has 1 saturated carbocycles. The minimum Gasteiger partial charge on any atom is -0.271 e. The minimum absolute atomic E-state index is 0.174. The van der Waals surface area contributed by atoms with E-state index in [1.54, 1.807) is 0 Å². The SMILES string of the molecule is C=C(C)CC(NN)C1(c2ccccc2)CCCCC1. The van der Waals surface area contributed by atoms with Crippen molar-refractivity contribution < 1.29 is 0 Å². The molecule has 19 heavy (non-hydrogen) atoms. The Hall–Kier alpha value is -1.12. The lowest BCUT2D eigenvalue weighted by atomic mass is 9.64. The number of benzene rings is 1. The second-order valence-corrected chi connectivity index (χ2v) is 5.96. The van der Waals surface area contributed by atoms with E-state index in [0.717, 1.165) is 6.42 Å². The Morgan fingerprint density at radius 3 is 2.42 bits per heavy atom. The number of nitrogens with two attached hydrogens (primary N) is 1. The lowest BCUT2D eigenvalue weighted by molar-refractivity contribution is 0.211. The minimum atomic E-state index is 0.174. The highest BCUT2D eigenvalue weighted by molar-refractivity contribution is 5.29. The van der Waals surface area contributed by atoms with Gasteiger partial charge in [0.15, 0.2) is 0 Å². The zero-order chi connectivity index (χ0) is 13.7. The molecule has 1 aliphatic carbocycles. The topological polar surface area (TPSA) is 38.0 Å². The molecule has 1 atom stereocenters. The third-order valence-electron chi connectivity index (χ3n) is 4.52. The molecule has 1 aromatic carbocycles. The predicted molar refractivity (Wildman–Crippen MR) is 81.7 cm³/mol. The third-order valence-corrected chi connectivity index (χ3v) is 4.52. The van der Waals surface area contributed by atoms with Crippen LogP contribution >= 0.6 is 0 Å². The Morgan fingerprint density at radius 1 is 1.26 bits per heavy atom. The molecule has 1 aliphatic rings. The van der Waals surface area contributed by atoms with Crippen LogP contribution in [-0.2, 0) is 5.41 Å². The van der Waals surface area contributed by atoms with E-state index in [4.69, 9.17) is 5.84 Å². The highest BCUT2D eigenvalue weighted by atomic mass is 15.2. The van der Waals surface area contributed by atoms with Gasteiger partial charge in [-0.25, -0.2) is 0 Å². The molecule has 2 nitrogen and oxygen atoms in total. The summed E-state index contributed by atoms with van der Waals surface area (Å²) < 4.78 is 0. The van der Waals surface area contributed by atoms with Crippen LogP contribution in [0.4, 0.5) is 0 Å². The van der Waals surface area contributed by atoms with Gasteiger partial charge in [-0.15, -0.1) is 6.58 Å². The Labute approximate surface area is 117 Å². The molecule has 1 aromatic rings. The van der Waals surface area contributed by atoms with Crippen molar-refractivity contribution in [1.82, 2.24) is 5.43 Å². The van der Waals surface area contributed by atoms with E-state index < -0.39 is 0 Å². The van der Waals surface area contributed by atoms with Crippen molar-refractivity contribution in [2.45, 2.75) is 56.9 Å². The first-order chi connectivity index (χ1) is 9.19. The van der Waals surface area contributed by atoms with E-state index in [1.165, 1.54) is 43.2 Å². The summed E-state index contributed by atoms with van der Waals surface area (Å²) in [4.78, 5) is 0. The van der Waals surface area contributed by atoms with Crippen LogP contribution in [0.2, 0.25) is 0 Å². The Bertz CT molecular complexity index is 405. The average molecular weight is 258 g/mol. The van der Waals surface area contributed by atoms with Gasteiger partial charge in [-0.2, -0.15) is 0 Å². The zero-order valence-electron chi connectivity index (χ0n) is 12.0. The van der Waals surface area contributed by atoms with Crippen molar-refractivity contribution >= 4 is 0 Å². The molecular weight excluding hydrogens is 232 g/mol. The third kappa shape index (κ3) is 3.07. The van der Waals surface area contributed by atoms with E-state index in [2.05, 4.69) is 49.3 Å². The Balaban J connectivity index is 2.35. The monoisotopic (exact) mass is 258 g/mol. The molecule has 0 radical (unpaired) electrons. The summed E-state index contributed by atoms with van der Waals surface area (Å²) in [7, 11) is 0. The van der Waals surface area contributed by atoms with Crippen LogP contribution in [0, 0.1) is 0 Å². The number of rotatable bonds is 5. The molecule has 2 heteroatoms. The maximum atomic E-state index is 5.88. The molecule has 104 valence electrons. The maximum absolute atomic E-state index is 5.88. The average Bonchev–Trinajstić information content (AvgIpc) is 2.46. The Kier molecular flexibility index (Phi) is 4.78. The van der Waals surface area contributed by atoms with Crippen molar-refractivity contribution in [3.63, 3.8) is 0 Å². The van der Waals surface area contributed by atoms with Crippen LogP contribution in [0.5, 0.6) is 0 Å². The van der Waals surface area contributed by atoms with Crippen molar-refractivity contribution in [2.24, 2.45) is 5.84 Å². The fourth-order valence-electron chi connectivity index (χ4n) is 3.55. The van der Waals surface area contributed by atoms with Crippen LogP contribution in [0.3, 0.4) is 0 Å². The van der Waals surface area contributed by atoms with E-state index in [-0.39, 0.29) is 11.5 Å². The second-order valence-electron chi connectivity index (χ2n) is 5.96. The van der Waals surface area contributed by atoms with Gasteiger partial charge in [-0.05, 0) is 31.7 Å². The van der Waals surface area contributed by atoms with Gasteiger partial charge in [0.2, 0.25) is 0 Å². The van der Waals surface area contributed by atoms with Crippen LogP contribution in [0.1, 0.15) is 51.0 Å². The normalized spacial score (nSPS) is 19.9. The molecule has 0 aromatic heterocycles. The maximum Gasteiger partial charge on any atom is 0.0344 e. The van der Waals surface area contributed by atoms with Crippen LogP contribution in [0.25, 0.3) is 0 Å². The van der Waals surface area contributed by atoms with Crippen molar-refractivity contribution in [3.05, 3.63) is 48.0 Å². The second kappa shape index (κ2) is 6.36. The first-order valence-electron chi connectivity index (χ1n) is 7.35. The highest BCUT2D eigenvalue weighted by Crippen LogP contribution is 2.43. The summed E-state index contributed by atoms with van der Waals surface area (Å²) in [6, 6.07) is 11.2. The largest absolute Gasteiger partial charge is 0.271 e. The van der Waals surface area contributed by atoms with Crippen LogP contribution < -0.4 is 11.3 Å². The Morgan fingerprint density at radius 2 is 1.89 bits per heavy atom. The highest BCUT2D eigenvalue weighted by Gasteiger charge is 2.40. The van der Waals surface area contributed by atoms with E-state index in [0.29, 0.717) is 0 Å². The molecule has 0 aliphatic heterocycles. The van der Waals surface area contributed by atoms with Crippen molar-refractivity contribution in [1.29, 1.82) is 0 Å². The first-order valence-corrected chi connectivity index (χ1v) is 7.35. The molecule has 1 unspecified atom stereocenters. The van der Waals surface area contributed by atoms with Crippen molar-refractivity contribution in [2.75, 3.05) is 0 Å². The molecule has 0 heterocycles. The fraction of sp³-hybridized carbons (Fsp3) is 0.529. The summed E-state index contributed by atoms with van der Waals surface area (Å²) in [5.41, 5.74) is 5.88. The van der Waals surface area contributed by atoms with Gasteiger partial charge in [0.1, 0.15) is 0 Å². The van der Waals surface area contributed by atoms with Gasteiger partial charge >= 0.3 is 0 Å². The van der Waals surface area contributed by atoms with E-state index in [1.807, 2.05) is 0 Å². The molecule has 1 fully saturated rings. The quantitative estimate of drug-likeness (QED) is 0.480. The van der Waals surface area contributed by atoms with Gasteiger partial charge in [-0.1, -0.05) is 55.2 Å². The summed E-state index contributed by atoms with van der Waals surface area (Å²) in [5.74, 6) is 5.88. The summed E-state index contributed by atoms with van der Waals surface area (Å²) in [6.45, 7) is 6.16. The van der Waals surface area contributed by atoms with Crippen molar-refractivity contribution in [3.8, 4) is 0 Å². The lowest BCUT2D eigenvalue weighted by Gasteiger charge is -2.44. The van der Waals surface area contributed by atoms with E-state index >= 15 is 0 Å². The summed E-state index contributed by atoms with van der Waals surface area (Å²) in [6.07, 6.45) is 7.33. The van der Waals surface area contributed by atoms with E-state index in [9.17, 15) is 0 Å². The molecule has 0 amide bonds. The van der Waals surface area contributed by atoms with Gasteiger partial charge in [-0.3, -0.25) is 11.3 Å². The lowest BCUT2D eigenvalue weighted by Crippen LogP contribution is -2.52. The molecular formula is C17H26N2. The van der Waals surface area contributed by atoms with Gasteiger partial charge in [0.25, 0.3) is 0 Å². The van der Waals surface area contributed by atoms with Gasteiger partial charge in [0, 0.05) is 11.5 Å².